The Morgan fingerprint density at radius 2 is 1.59 bits per heavy atom. The molecule has 0 saturated carbocycles. The summed E-state index contributed by atoms with van der Waals surface area (Å²) in [5.41, 5.74) is -0.0581. The summed E-state index contributed by atoms with van der Waals surface area (Å²) in [5, 5.41) is 4.14. The number of nitrogens with zero attached hydrogens (tertiary/aromatic N) is 2. The molecule has 0 bridgehead atoms. The van der Waals surface area contributed by atoms with Crippen LogP contribution in [0, 0.1) is 11.8 Å². The van der Waals surface area contributed by atoms with Gasteiger partial charge in [-0.05, 0) is 49.7 Å². The van der Waals surface area contributed by atoms with Crippen molar-refractivity contribution in [3.05, 3.63) is 56.0 Å². The third kappa shape index (κ3) is 2.45. The molecule has 2 aromatic carbocycles. The molecule has 4 aliphatic heterocycles. The Hall–Kier alpha value is -1.83. The highest BCUT2D eigenvalue weighted by Crippen LogP contribution is 2.61. The van der Waals surface area contributed by atoms with Crippen LogP contribution in [-0.2, 0) is 19.9 Å². The van der Waals surface area contributed by atoms with Gasteiger partial charge in [-0.1, -0.05) is 46.4 Å². The molecule has 1 spiro atoms. The number of hydrogen-bond donors (Lipinski definition) is 1. The number of imide groups is 1. The van der Waals surface area contributed by atoms with Crippen LogP contribution in [0.1, 0.15) is 18.4 Å². The number of carbonyl (C=O) groups is 3. The molecule has 0 aromatic heterocycles. The Morgan fingerprint density at radius 1 is 0.906 bits per heavy atom. The van der Waals surface area contributed by atoms with Gasteiger partial charge in [-0.3, -0.25) is 19.3 Å². The maximum atomic E-state index is 13.9. The van der Waals surface area contributed by atoms with Crippen LogP contribution >= 0.6 is 46.4 Å². The molecule has 4 heterocycles. The van der Waals surface area contributed by atoms with Crippen LogP contribution in [0.4, 0.5) is 11.4 Å². The van der Waals surface area contributed by atoms with Crippen molar-refractivity contribution in [2.45, 2.75) is 24.4 Å². The predicted molar refractivity (Wildman–Crippen MR) is 122 cm³/mol. The molecule has 6 nitrogen and oxygen atoms in total. The first kappa shape index (κ1) is 20.8. The highest BCUT2D eigenvalue weighted by Gasteiger charge is 2.74. The van der Waals surface area contributed by atoms with E-state index < -0.39 is 23.3 Å². The zero-order chi connectivity index (χ0) is 22.5. The van der Waals surface area contributed by atoms with Crippen molar-refractivity contribution in [2.75, 3.05) is 16.8 Å². The first-order valence-corrected chi connectivity index (χ1v) is 11.7. The van der Waals surface area contributed by atoms with Gasteiger partial charge in [0.1, 0.15) is 5.54 Å². The zero-order valence-electron chi connectivity index (χ0n) is 16.4. The van der Waals surface area contributed by atoms with Gasteiger partial charge >= 0.3 is 0 Å². The minimum absolute atomic E-state index is 0.245. The molecule has 3 saturated heterocycles. The molecule has 1 N–H and O–H groups in total. The van der Waals surface area contributed by atoms with Crippen LogP contribution in [0.25, 0.3) is 0 Å². The third-order valence-corrected chi connectivity index (χ3v) is 8.08. The molecular formula is C22H15Cl4N3O3. The number of amides is 3. The minimum Gasteiger partial charge on any atom is -0.323 e. The van der Waals surface area contributed by atoms with Gasteiger partial charge in [-0.2, -0.15) is 0 Å². The number of anilines is 2. The van der Waals surface area contributed by atoms with Crippen molar-refractivity contribution >= 4 is 75.5 Å². The molecule has 2 aromatic rings. The minimum atomic E-state index is -1.35. The van der Waals surface area contributed by atoms with Crippen molar-refractivity contribution in [1.29, 1.82) is 0 Å². The Labute approximate surface area is 203 Å². The summed E-state index contributed by atoms with van der Waals surface area (Å²) < 4.78 is 0. The number of benzene rings is 2. The molecule has 6 rings (SSSR count). The normalized spacial score (nSPS) is 30.8. The monoisotopic (exact) mass is 509 g/mol. The molecule has 0 unspecified atom stereocenters. The van der Waals surface area contributed by atoms with Gasteiger partial charge in [0.05, 0.1) is 28.2 Å². The maximum absolute atomic E-state index is 13.9. The predicted octanol–water partition coefficient (Wildman–Crippen LogP) is 4.73. The lowest BCUT2D eigenvalue weighted by molar-refractivity contribution is -0.135. The summed E-state index contributed by atoms with van der Waals surface area (Å²) in [6.45, 7) is 0.595. The van der Waals surface area contributed by atoms with Crippen molar-refractivity contribution in [3.8, 4) is 0 Å². The molecule has 3 amide bonds. The van der Waals surface area contributed by atoms with E-state index in [4.69, 9.17) is 46.4 Å². The quantitative estimate of drug-likeness (QED) is 0.563. The van der Waals surface area contributed by atoms with E-state index in [1.165, 1.54) is 18.2 Å². The topological polar surface area (TPSA) is 69.7 Å². The van der Waals surface area contributed by atoms with Gasteiger partial charge in [0.25, 0.3) is 5.91 Å². The van der Waals surface area contributed by atoms with Crippen molar-refractivity contribution in [3.63, 3.8) is 0 Å². The average molecular weight is 511 g/mol. The largest absolute Gasteiger partial charge is 0.323 e. The second kappa shape index (κ2) is 6.84. The van der Waals surface area contributed by atoms with E-state index in [0.717, 1.165) is 11.3 Å². The van der Waals surface area contributed by atoms with Gasteiger partial charge in [0.2, 0.25) is 11.8 Å². The van der Waals surface area contributed by atoms with Gasteiger partial charge in [0.15, 0.2) is 0 Å². The highest BCUT2D eigenvalue weighted by atomic mass is 35.5. The lowest BCUT2D eigenvalue weighted by Gasteiger charge is -2.36. The lowest BCUT2D eigenvalue weighted by Crippen LogP contribution is -2.54. The standard InChI is InChI=1S/C22H15Cl4N3O3/c23-9-4-10(24)6-12(5-9)29-19(30)16-15-2-1-3-28(15)22(17(16)20(29)31)13-7-11(25)8-14(26)18(13)27-21(22)32/h4-8,15-17H,1-3H2,(H,27,32)/t15-,16+,17-,22+/m0/s1. The summed E-state index contributed by atoms with van der Waals surface area (Å²) in [6, 6.07) is 7.57. The van der Waals surface area contributed by atoms with E-state index in [1.807, 2.05) is 4.90 Å². The van der Waals surface area contributed by atoms with Crippen molar-refractivity contribution in [1.82, 2.24) is 4.90 Å². The van der Waals surface area contributed by atoms with Crippen LogP contribution in [0.3, 0.4) is 0 Å². The molecule has 0 radical (unpaired) electrons. The third-order valence-electron chi connectivity index (χ3n) is 7.12. The van der Waals surface area contributed by atoms with Crippen LogP contribution in [0.2, 0.25) is 20.1 Å². The number of rotatable bonds is 1. The van der Waals surface area contributed by atoms with E-state index >= 15 is 0 Å². The SMILES string of the molecule is O=C1[C@H]2[C@@H](C(=O)N1c1cc(Cl)cc(Cl)c1)[C@]1(C(=O)Nc3c(Cl)cc(Cl)cc31)N1CCC[C@@H]21. The van der Waals surface area contributed by atoms with Gasteiger partial charge in [-0.15, -0.1) is 0 Å². The molecule has 164 valence electrons. The Bertz CT molecular complexity index is 1230. The second-order valence-electron chi connectivity index (χ2n) is 8.58. The number of fused-ring (bicyclic) bond motifs is 7. The van der Waals surface area contributed by atoms with E-state index in [2.05, 4.69) is 5.32 Å². The molecule has 32 heavy (non-hydrogen) atoms. The first-order chi connectivity index (χ1) is 15.2. The fraction of sp³-hybridized carbons (Fsp3) is 0.318. The number of carbonyl (C=O) groups excluding carboxylic acids is 3. The molecule has 0 aliphatic carbocycles. The second-order valence-corrected chi connectivity index (χ2v) is 10.3. The molecule has 4 atom stereocenters. The zero-order valence-corrected chi connectivity index (χ0v) is 19.4. The molecule has 10 heteroatoms. The number of hydrogen-bond acceptors (Lipinski definition) is 4. The van der Waals surface area contributed by atoms with Gasteiger partial charge in [0, 0.05) is 26.7 Å². The molecular weight excluding hydrogens is 496 g/mol. The molecule has 4 aliphatic rings. The smallest absolute Gasteiger partial charge is 0.250 e. The van der Waals surface area contributed by atoms with E-state index in [0.29, 0.717) is 50.0 Å². The van der Waals surface area contributed by atoms with Crippen LogP contribution in [0.15, 0.2) is 30.3 Å². The van der Waals surface area contributed by atoms with Crippen molar-refractivity contribution < 1.29 is 14.4 Å². The summed E-state index contributed by atoms with van der Waals surface area (Å²) in [6.07, 6.45) is 1.53. The average Bonchev–Trinajstić information content (AvgIpc) is 3.40. The maximum Gasteiger partial charge on any atom is 0.250 e. The summed E-state index contributed by atoms with van der Waals surface area (Å²) in [4.78, 5) is 44.3. The number of halogens is 4. The van der Waals surface area contributed by atoms with E-state index in [9.17, 15) is 14.4 Å². The van der Waals surface area contributed by atoms with Gasteiger partial charge < -0.3 is 5.32 Å². The van der Waals surface area contributed by atoms with Crippen LogP contribution in [0.5, 0.6) is 0 Å². The van der Waals surface area contributed by atoms with Crippen LogP contribution in [-0.4, -0.2) is 35.2 Å². The van der Waals surface area contributed by atoms with E-state index in [1.54, 1.807) is 12.1 Å². The first-order valence-electron chi connectivity index (χ1n) is 10.2. The Balaban J connectivity index is 1.58. The Morgan fingerprint density at radius 3 is 2.31 bits per heavy atom. The Kier molecular flexibility index (Phi) is 4.44. The van der Waals surface area contributed by atoms with Crippen molar-refractivity contribution in [2.24, 2.45) is 11.8 Å². The summed E-state index contributed by atoms with van der Waals surface area (Å²) in [5.74, 6) is -2.73. The van der Waals surface area contributed by atoms with Crippen LogP contribution < -0.4 is 10.2 Å². The summed E-state index contributed by atoms with van der Waals surface area (Å²) in [7, 11) is 0. The van der Waals surface area contributed by atoms with E-state index in [-0.39, 0.29) is 17.9 Å². The fourth-order valence-electron chi connectivity index (χ4n) is 6.15. The summed E-state index contributed by atoms with van der Waals surface area (Å²) >= 11 is 25.0. The highest BCUT2D eigenvalue weighted by molar-refractivity contribution is 6.38. The number of nitrogens with one attached hydrogen (secondary N) is 1. The molecule has 3 fully saturated rings. The lowest BCUT2D eigenvalue weighted by atomic mass is 9.75. The van der Waals surface area contributed by atoms with Gasteiger partial charge in [-0.25, -0.2) is 4.90 Å². The fourth-order valence-corrected chi connectivity index (χ4v) is 7.20.